The van der Waals surface area contributed by atoms with Crippen molar-refractivity contribution in [2.45, 2.75) is 57.1 Å². The van der Waals surface area contributed by atoms with Crippen LogP contribution in [0.25, 0.3) is 0 Å². The molecule has 1 heterocycles. The first-order valence-corrected chi connectivity index (χ1v) is 11.0. The van der Waals surface area contributed by atoms with E-state index in [-0.39, 0.29) is 11.6 Å². The number of nitroso groups, excluding NO2 is 1. The average Bonchev–Trinajstić information content (AvgIpc) is 3.57. The van der Waals surface area contributed by atoms with Gasteiger partial charge in [0.25, 0.3) is 0 Å². The molecule has 8 unspecified atom stereocenters. The van der Waals surface area contributed by atoms with Crippen LogP contribution in [0.4, 0.5) is 0 Å². The van der Waals surface area contributed by atoms with Crippen LogP contribution in [-0.4, -0.2) is 18.2 Å². The van der Waals surface area contributed by atoms with Crippen molar-refractivity contribution < 1.29 is 4.74 Å². The van der Waals surface area contributed by atoms with Crippen molar-refractivity contribution in [3.05, 3.63) is 28.7 Å². The topological polar surface area (TPSA) is 38.7 Å². The van der Waals surface area contributed by atoms with E-state index in [4.69, 9.17) is 4.74 Å². The summed E-state index contributed by atoms with van der Waals surface area (Å²) in [6.07, 6.45) is 14.8. The minimum absolute atomic E-state index is 0.0347. The van der Waals surface area contributed by atoms with Crippen molar-refractivity contribution in [3.63, 3.8) is 0 Å². The van der Waals surface area contributed by atoms with Gasteiger partial charge in [-0.1, -0.05) is 35.9 Å². The molecule has 0 saturated heterocycles. The van der Waals surface area contributed by atoms with E-state index in [9.17, 15) is 4.91 Å². The van der Waals surface area contributed by atoms with Crippen molar-refractivity contribution in [1.29, 1.82) is 0 Å². The first-order valence-electron chi connectivity index (χ1n) is 11.0. The van der Waals surface area contributed by atoms with E-state index in [1.807, 2.05) is 0 Å². The van der Waals surface area contributed by atoms with E-state index in [1.165, 1.54) is 32.1 Å². The van der Waals surface area contributed by atoms with Crippen LogP contribution in [-0.2, 0) is 4.74 Å². The van der Waals surface area contributed by atoms with E-state index in [0.29, 0.717) is 5.41 Å². The monoisotopic (exact) mass is 351 g/mol. The summed E-state index contributed by atoms with van der Waals surface area (Å²) in [5.41, 5.74) is 2.10. The molecule has 7 rings (SSSR count). The number of hydrogen-bond acceptors (Lipinski definition) is 3. The SMILES string of the molecule is C[C@]12CCC3C(C4CC4C4=CC(N=O)CC[C@@H]43)C1C1CC1[C@@]21C=CCO1. The quantitative estimate of drug-likeness (QED) is 0.506. The summed E-state index contributed by atoms with van der Waals surface area (Å²) in [7, 11) is 0. The average molecular weight is 351 g/mol. The maximum Gasteiger partial charge on any atom is 0.110 e. The van der Waals surface area contributed by atoms with E-state index in [0.717, 1.165) is 60.4 Å². The smallest absolute Gasteiger partial charge is 0.110 e. The summed E-state index contributed by atoms with van der Waals surface area (Å²) >= 11 is 0. The number of rotatable bonds is 1. The number of fused-ring (bicyclic) bond motifs is 12. The normalized spacial score (nSPS) is 63.3. The van der Waals surface area contributed by atoms with Gasteiger partial charge in [-0.15, -0.1) is 0 Å². The molecule has 5 saturated carbocycles. The summed E-state index contributed by atoms with van der Waals surface area (Å²) in [5, 5.41) is 3.38. The van der Waals surface area contributed by atoms with Crippen LogP contribution in [0.2, 0.25) is 0 Å². The van der Waals surface area contributed by atoms with E-state index in [1.54, 1.807) is 5.57 Å². The fourth-order valence-electron chi connectivity index (χ4n) is 9.27. The number of hydrogen-bond donors (Lipinski definition) is 0. The molecule has 0 aromatic carbocycles. The lowest BCUT2D eigenvalue weighted by Crippen LogP contribution is -2.55. The van der Waals surface area contributed by atoms with Crippen LogP contribution < -0.4 is 0 Å². The van der Waals surface area contributed by atoms with E-state index < -0.39 is 0 Å². The van der Waals surface area contributed by atoms with Crippen molar-refractivity contribution >= 4 is 0 Å². The predicted octanol–water partition coefficient (Wildman–Crippen LogP) is 4.73. The summed E-state index contributed by atoms with van der Waals surface area (Å²) in [5.74, 6) is 6.87. The lowest BCUT2D eigenvalue weighted by Gasteiger charge is -2.57. The molecule has 11 atom stereocenters. The van der Waals surface area contributed by atoms with Gasteiger partial charge in [0.1, 0.15) is 6.04 Å². The highest BCUT2D eigenvalue weighted by Gasteiger charge is 2.78. The fourth-order valence-corrected chi connectivity index (χ4v) is 9.27. The molecule has 0 aromatic rings. The molecule has 1 spiro atoms. The van der Waals surface area contributed by atoms with Crippen molar-refractivity contribution in [1.82, 2.24) is 0 Å². The molecule has 0 aromatic heterocycles. The van der Waals surface area contributed by atoms with Gasteiger partial charge in [0, 0.05) is 5.41 Å². The number of nitrogens with zero attached hydrogens (tertiary/aromatic N) is 1. The van der Waals surface area contributed by atoms with Crippen LogP contribution in [0.5, 0.6) is 0 Å². The third kappa shape index (κ3) is 1.51. The molecule has 0 N–H and O–H groups in total. The van der Waals surface area contributed by atoms with Gasteiger partial charge < -0.3 is 4.74 Å². The van der Waals surface area contributed by atoms with Crippen molar-refractivity contribution in [2.75, 3.05) is 6.61 Å². The summed E-state index contributed by atoms with van der Waals surface area (Å²) in [4.78, 5) is 11.1. The summed E-state index contributed by atoms with van der Waals surface area (Å²) < 4.78 is 6.52. The van der Waals surface area contributed by atoms with Gasteiger partial charge in [-0.3, -0.25) is 0 Å². The summed E-state index contributed by atoms with van der Waals surface area (Å²) in [6.45, 7) is 3.42. The standard InChI is InChI=1S/C23H29NO2/c1-22-7-5-14-13-4-3-12(24-25)9-15(13)16-10-17(16)20(14)21(22)18-11-19(18)23(22)6-2-8-26-23/h2,6,9,12-14,16-21H,3-5,7-8,10-11H2,1H3/t12?,13-,14?,16?,17?,18?,19?,20?,21?,22+,23+/m1/s1. The Labute approximate surface area is 155 Å². The molecule has 138 valence electrons. The highest BCUT2D eigenvalue weighted by molar-refractivity contribution is 5.36. The molecule has 0 radical (unpaired) electrons. The minimum Gasteiger partial charge on any atom is -0.366 e. The van der Waals surface area contributed by atoms with Crippen LogP contribution >= 0.6 is 0 Å². The van der Waals surface area contributed by atoms with Crippen LogP contribution in [0.15, 0.2) is 29.0 Å². The molecule has 0 bridgehead atoms. The molecule has 5 fully saturated rings. The van der Waals surface area contributed by atoms with Gasteiger partial charge in [0.05, 0.1) is 12.2 Å². The highest BCUT2D eigenvalue weighted by Crippen LogP contribution is 2.80. The zero-order chi connectivity index (χ0) is 17.3. The second-order valence-electron chi connectivity index (χ2n) is 10.8. The number of ether oxygens (including phenoxy) is 1. The molecule has 0 amide bonds. The summed E-state index contributed by atoms with van der Waals surface area (Å²) in [6, 6.07) is -0.0347. The molecule has 3 nitrogen and oxygen atoms in total. The Balaban J connectivity index is 1.30. The Morgan fingerprint density at radius 1 is 1.12 bits per heavy atom. The van der Waals surface area contributed by atoms with Gasteiger partial charge in [-0.2, -0.15) is 4.91 Å². The van der Waals surface area contributed by atoms with Gasteiger partial charge in [-0.25, -0.2) is 0 Å². The lowest BCUT2D eigenvalue weighted by molar-refractivity contribution is -0.133. The maximum atomic E-state index is 11.1. The van der Waals surface area contributed by atoms with Crippen molar-refractivity contribution in [2.24, 2.45) is 57.9 Å². The van der Waals surface area contributed by atoms with Gasteiger partial charge in [0.2, 0.25) is 0 Å². The molecule has 3 heteroatoms. The third-order valence-electron chi connectivity index (χ3n) is 10.2. The Morgan fingerprint density at radius 3 is 2.85 bits per heavy atom. The zero-order valence-corrected chi connectivity index (χ0v) is 15.6. The van der Waals surface area contributed by atoms with Gasteiger partial charge >= 0.3 is 0 Å². The number of allylic oxidation sites excluding steroid dienone is 1. The Hall–Kier alpha value is -0.960. The highest BCUT2D eigenvalue weighted by atomic mass is 16.5. The predicted molar refractivity (Wildman–Crippen MR) is 99.2 cm³/mol. The fraction of sp³-hybridized carbons (Fsp3) is 0.826. The van der Waals surface area contributed by atoms with E-state index in [2.05, 4.69) is 30.3 Å². The van der Waals surface area contributed by atoms with Gasteiger partial charge in [-0.05, 0) is 85.9 Å². The molecular formula is C23H29NO2. The molecule has 7 aliphatic rings. The van der Waals surface area contributed by atoms with E-state index >= 15 is 0 Å². The first kappa shape index (κ1) is 15.0. The van der Waals surface area contributed by atoms with Crippen LogP contribution in [0.3, 0.4) is 0 Å². The maximum absolute atomic E-state index is 11.1. The Bertz CT molecular complexity index is 757. The Kier molecular flexibility index (Phi) is 2.62. The minimum atomic E-state index is -0.0347. The first-order chi connectivity index (χ1) is 12.7. The molecule has 6 aliphatic carbocycles. The Morgan fingerprint density at radius 2 is 2.04 bits per heavy atom. The lowest BCUT2D eigenvalue weighted by atomic mass is 9.49. The van der Waals surface area contributed by atoms with Crippen LogP contribution in [0.1, 0.15) is 45.4 Å². The second-order valence-corrected chi connectivity index (χ2v) is 10.8. The zero-order valence-electron chi connectivity index (χ0n) is 15.6. The van der Waals surface area contributed by atoms with Crippen LogP contribution in [0, 0.1) is 57.7 Å². The third-order valence-corrected chi connectivity index (χ3v) is 10.2. The van der Waals surface area contributed by atoms with Gasteiger partial charge in [0.15, 0.2) is 0 Å². The molecule has 26 heavy (non-hydrogen) atoms. The van der Waals surface area contributed by atoms with Crippen molar-refractivity contribution in [3.8, 4) is 0 Å². The second kappa shape index (κ2) is 4.54. The molecular weight excluding hydrogens is 322 g/mol. The largest absolute Gasteiger partial charge is 0.366 e. The molecule has 1 aliphatic heterocycles.